The number of hydrogen-bond donors (Lipinski definition) is 2. The van der Waals surface area contributed by atoms with Gasteiger partial charge in [0.2, 0.25) is 0 Å². The minimum atomic E-state index is 0.349. The molecule has 1 unspecified atom stereocenters. The molecule has 0 spiro atoms. The van der Waals surface area contributed by atoms with E-state index < -0.39 is 0 Å². The quantitative estimate of drug-likeness (QED) is 0.657. The summed E-state index contributed by atoms with van der Waals surface area (Å²) in [5.74, 6) is 0.698. The van der Waals surface area contributed by atoms with E-state index in [1.54, 1.807) is 0 Å². The first-order valence-electron chi connectivity index (χ1n) is 7.87. The third kappa shape index (κ3) is 9.86. The molecule has 0 bridgehead atoms. The van der Waals surface area contributed by atoms with E-state index in [9.17, 15) is 0 Å². The Balaban J connectivity index is 0.00000137. The van der Waals surface area contributed by atoms with Gasteiger partial charge in [0.25, 0.3) is 0 Å². The number of nitrogens with zero attached hydrogens (tertiary/aromatic N) is 1. The molecule has 0 aromatic rings. The molecule has 2 N–H and O–H groups in total. The minimum Gasteiger partial charge on any atom is -0.396 e. The average Bonchev–Trinajstić information content (AvgIpc) is 2.42. The van der Waals surface area contributed by atoms with Gasteiger partial charge < -0.3 is 15.3 Å². The summed E-state index contributed by atoms with van der Waals surface area (Å²) in [6.45, 7) is 12.6. The van der Waals surface area contributed by atoms with E-state index >= 15 is 0 Å². The lowest BCUT2D eigenvalue weighted by Crippen LogP contribution is -2.43. The lowest BCUT2D eigenvalue weighted by Gasteiger charge is -2.27. The van der Waals surface area contributed by atoms with Crippen molar-refractivity contribution >= 4 is 0 Å². The van der Waals surface area contributed by atoms with Crippen LogP contribution in [-0.4, -0.2) is 49.3 Å². The van der Waals surface area contributed by atoms with Crippen LogP contribution in [-0.2, 0) is 0 Å². The third-order valence-corrected chi connectivity index (χ3v) is 3.50. The van der Waals surface area contributed by atoms with Crippen LogP contribution in [0.2, 0.25) is 0 Å². The summed E-state index contributed by atoms with van der Waals surface area (Å²) in [6, 6.07) is 0. The minimum absolute atomic E-state index is 0.349. The van der Waals surface area contributed by atoms with Crippen LogP contribution in [0, 0.1) is 5.92 Å². The smallest absolute Gasteiger partial charge is 0.0433 e. The molecule has 0 aliphatic carbocycles. The second-order valence-corrected chi connectivity index (χ2v) is 5.06. The number of unbranched alkanes of at least 4 members (excludes halogenated alkanes) is 2. The van der Waals surface area contributed by atoms with Gasteiger partial charge in [0.05, 0.1) is 0 Å². The number of aliphatic hydroxyl groups excluding tert-OH is 1. The van der Waals surface area contributed by atoms with E-state index in [-0.39, 0.29) is 0 Å². The fourth-order valence-corrected chi connectivity index (χ4v) is 2.30. The molecule has 0 amide bonds. The number of nitrogens with one attached hydrogen (secondary N) is 1. The fourth-order valence-electron chi connectivity index (χ4n) is 2.30. The van der Waals surface area contributed by atoms with Gasteiger partial charge in [-0.2, -0.15) is 0 Å². The molecule has 0 radical (unpaired) electrons. The van der Waals surface area contributed by atoms with E-state index in [0.717, 1.165) is 19.5 Å². The first kappa shape index (κ1) is 17.9. The topological polar surface area (TPSA) is 35.5 Å². The Bertz CT molecular complexity index is 159. The predicted molar refractivity (Wildman–Crippen MR) is 80.0 cm³/mol. The van der Waals surface area contributed by atoms with Crippen LogP contribution in [0.4, 0.5) is 0 Å². The molecular weight excluding hydrogens is 224 g/mol. The SMILES string of the molecule is CC.CC(CCO)CCCCCN1CCNCC1. The lowest BCUT2D eigenvalue weighted by atomic mass is 10.0. The summed E-state index contributed by atoms with van der Waals surface area (Å²) in [6.07, 6.45) is 6.26. The zero-order valence-corrected chi connectivity index (χ0v) is 12.7. The maximum atomic E-state index is 8.80. The third-order valence-electron chi connectivity index (χ3n) is 3.50. The van der Waals surface area contributed by atoms with Crippen molar-refractivity contribution in [1.82, 2.24) is 10.2 Å². The summed E-state index contributed by atoms with van der Waals surface area (Å²) in [5, 5.41) is 12.2. The van der Waals surface area contributed by atoms with Crippen molar-refractivity contribution in [2.45, 2.75) is 52.9 Å². The highest BCUT2D eigenvalue weighted by Crippen LogP contribution is 2.12. The highest BCUT2D eigenvalue weighted by Gasteiger charge is 2.08. The molecule has 1 rings (SSSR count). The Labute approximate surface area is 114 Å². The van der Waals surface area contributed by atoms with Crippen LogP contribution in [0.5, 0.6) is 0 Å². The summed E-state index contributed by atoms with van der Waals surface area (Å²) in [7, 11) is 0. The molecule has 1 fully saturated rings. The van der Waals surface area contributed by atoms with Crippen LogP contribution < -0.4 is 5.32 Å². The highest BCUT2D eigenvalue weighted by molar-refractivity contribution is 4.67. The van der Waals surface area contributed by atoms with E-state index in [4.69, 9.17) is 5.11 Å². The molecule has 1 saturated heterocycles. The molecule has 0 saturated carbocycles. The summed E-state index contributed by atoms with van der Waals surface area (Å²) < 4.78 is 0. The maximum Gasteiger partial charge on any atom is 0.0433 e. The molecule has 0 aromatic heterocycles. The molecule has 3 heteroatoms. The van der Waals surface area contributed by atoms with Crippen molar-refractivity contribution in [3.63, 3.8) is 0 Å². The van der Waals surface area contributed by atoms with Gasteiger partial charge in [0.15, 0.2) is 0 Å². The standard InChI is InChI=1S/C13H28N2O.C2H6/c1-13(6-12-16)5-3-2-4-9-15-10-7-14-8-11-15;1-2/h13-14,16H,2-12H2,1H3;1-2H3. The van der Waals surface area contributed by atoms with Gasteiger partial charge in [-0.05, 0) is 25.3 Å². The van der Waals surface area contributed by atoms with Crippen molar-refractivity contribution < 1.29 is 5.11 Å². The van der Waals surface area contributed by atoms with E-state index in [2.05, 4.69) is 17.1 Å². The molecule has 1 aliphatic heterocycles. The fraction of sp³-hybridized carbons (Fsp3) is 1.00. The molecule has 0 aromatic carbocycles. The van der Waals surface area contributed by atoms with E-state index in [1.165, 1.54) is 45.3 Å². The van der Waals surface area contributed by atoms with Gasteiger partial charge in [-0.3, -0.25) is 0 Å². The first-order chi connectivity index (χ1) is 8.83. The first-order valence-corrected chi connectivity index (χ1v) is 7.87. The Morgan fingerprint density at radius 2 is 1.72 bits per heavy atom. The summed E-state index contributed by atoms with van der Waals surface area (Å²) in [4.78, 5) is 2.56. The zero-order valence-electron chi connectivity index (χ0n) is 12.7. The maximum absolute atomic E-state index is 8.80. The molecule has 18 heavy (non-hydrogen) atoms. The van der Waals surface area contributed by atoms with Crippen molar-refractivity contribution in [3.8, 4) is 0 Å². The molecule has 1 heterocycles. The van der Waals surface area contributed by atoms with Crippen LogP contribution >= 0.6 is 0 Å². The normalized spacial score (nSPS) is 18.0. The van der Waals surface area contributed by atoms with Crippen LogP contribution in [0.1, 0.15) is 52.9 Å². The summed E-state index contributed by atoms with van der Waals surface area (Å²) >= 11 is 0. The largest absolute Gasteiger partial charge is 0.396 e. The second-order valence-electron chi connectivity index (χ2n) is 5.06. The summed E-state index contributed by atoms with van der Waals surface area (Å²) in [5.41, 5.74) is 0. The van der Waals surface area contributed by atoms with Crippen LogP contribution in [0.25, 0.3) is 0 Å². The van der Waals surface area contributed by atoms with Crippen molar-refractivity contribution in [3.05, 3.63) is 0 Å². The van der Waals surface area contributed by atoms with Gasteiger partial charge in [-0.15, -0.1) is 0 Å². The zero-order chi connectivity index (χ0) is 13.6. The van der Waals surface area contributed by atoms with E-state index in [0.29, 0.717) is 12.5 Å². The number of rotatable bonds is 8. The Hall–Kier alpha value is -0.120. The Kier molecular flexibility index (Phi) is 13.2. The number of aliphatic hydroxyl groups is 1. The van der Waals surface area contributed by atoms with Gasteiger partial charge in [-0.1, -0.05) is 40.0 Å². The van der Waals surface area contributed by atoms with Crippen LogP contribution in [0.15, 0.2) is 0 Å². The van der Waals surface area contributed by atoms with Gasteiger partial charge in [0.1, 0.15) is 0 Å². The molecule has 110 valence electrons. The van der Waals surface area contributed by atoms with Gasteiger partial charge >= 0.3 is 0 Å². The number of piperazine rings is 1. The predicted octanol–water partition coefficient (Wildman–Crippen LogP) is 2.50. The van der Waals surface area contributed by atoms with Crippen LogP contribution in [0.3, 0.4) is 0 Å². The van der Waals surface area contributed by atoms with Gasteiger partial charge in [-0.25, -0.2) is 0 Å². The molecule has 1 atom stereocenters. The monoisotopic (exact) mass is 258 g/mol. The van der Waals surface area contributed by atoms with Gasteiger partial charge in [0, 0.05) is 32.8 Å². The molecule has 1 aliphatic rings. The highest BCUT2D eigenvalue weighted by atomic mass is 16.3. The molecular formula is C15H34N2O. The van der Waals surface area contributed by atoms with E-state index in [1.807, 2.05) is 13.8 Å². The average molecular weight is 258 g/mol. The Morgan fingerprint density at radius 3 is 2.33 bits per heavy atom. The number of hydrogen-bond acceptors (Lipinski definition) is 3. The van der Waals surface area contributed by atoms with Crippen molar-refractivity contribution in [2.24, 2.45) is 5.92 Å². The Morgan fingerprint density at radius 1 is 1.06 bits per heavy atom. The molecule has 3 nitrogen and oxygen atoms in total. The van der Waals surface area contributed by atoms with Crippen molar-refractivity contribution in [2.75, 3.05) is 39.3 Å². The lowest BCUT2D eigenvalue weighted by molar-refractivity contribution is 0.233. The second kappa shape index (κ2) is 13.3. The van der Waals surface area contributed by atoms with Crippen molar-refractivity contribution in [1.29, 1.82) is 0 Å².